The number of aliphatic imine (C=N–C) groups is 1. The first kappa shape index (κ1) is 36.0. The molecule has 159 valence electrons. The summed E-state index contributed by atoms with van der Waals surface area (Å²) in [6.07, 6.45) is 5.56. The largest absolute Gasteiger partial charge is 1.00 e. The molecule has 0 amide bonds. The third kappa shape index (κ3) is 9.00. The van der Waals surface area contributed by atoms with Crippen LogP contribution in [0.2, 0.25) is 0 Å². The molecule has 6 N–H and O–H groups in total. The SMILES string of the molecule is CC1(C)N/C(=C2\C=CC=NC2)N([O-])C1(C)C.O.O=[N+]([O-])O.[Ag+].[Ag+].[Ag].[NH2-]. The molecule has 1 fully saturated rings. The molecule has 0 aliphatic carbocycles. The van der Waals surface area contributed by atoms with Gasteiger partial charge in [-0.3, -0.25) is 4.99 Å². The normalized spacial score (nSPS) is 20.6. The van der Waals surface area contributed by atoms with E-state index in [1.807, 2.05) is 39.8 Å². The summed E-state index contributed by atoms with van der Waals surface area (Å²) in [5.41, 5.74) is 0.257. The first-order chi connectivity index (χ1) is 9.09. The van der Waals surface area contributed by atoms with E-state index >= 15 is 0 Å². The molecule has 0 aromatic carbocycles. The fourth-order valence-corrected chi connectivity index (χ4v) is 1.82. The smallest absolute Gasteiger partial charge is 0.757 e. The number of nitrogens with zero attached hydrogens (tertiary/aromatic N) is 3. The van der Waals surface area contributed by atoms with Gasteiger partial charge >= 0.3 is 44.8 Å². The molecule has 0 spiro atoms. The van der Waals surface area contributed by atoms with Gasteiger partial charge in [-0.05, 0) is 33.8 Å². The van der Waals surface area contributed by atoms with Crippen molar-refractivity contribution >= 4 is 6.21 Å². The van der Waals surface area contributed by atoms with Gasteiger partial charge in [-0.2, -0.15) is 0 Å². The Morgan fingerprint density at radius 1 is 1.32 bits per heavy atom. The van der Waals surface area contributed by atoms with E-state index in [0.717, 1.165) is 10.6 Å². The third-order valence-corrected chi connectivity index (χ3v) is 3.73. The summed E-state index contributed by atoms with van der Waals surface area (Å²) >= 11 is 0. The van der Waals surface area contributed by atoms with E-state index < -0.39 is 10.6 Å². The first-order valence-corrected chi connectivity index (χ1v) is 6.08. The molecule has 0 bridgehead atoms. The minimum Gasteiger partial charge on any atom is -0.757 e. The summed E-state index contributed by atoms with van der Waals surface area (Å²) in [6.45, 7) is 8.57. The molecular formula is C12H23Ag3N5O5. The van der Waals surface area contributed by atoms with Gasteiger partial charge in [0.25, 0.3) is 5.09 Å². The summed E-state index contributed by atoms with van der Waals surface area (Å²) < 4.78 is 0. The molecule has 10 nitrogen and oxygen atoms in total. The van der Waals surface area contributed by atoms with Gasteiger partial charge < -0.3 is 32.4 Å². The maximum Gasteiger partial charge on any atom is 1.00 e. The number of nitrogens with one attached hydrogen (secondary N) is 1. The Bertz CT molecular complexity index is 494. The quantitative estimate of drug-likeness (QED) is 0.229. The fourth-order valence-electron chi connectivity index (χ4n) is 1.82. The average molecular weight is 641 g/mol. The molecule has 13 heteroatoms. The van der Waals surface area contributed by atoms with Crippen LogP contribution in [0.1, 0.15) is 27.7 Å². The Balaban J connectivity index is -0.000000135. The zero-order valence-corrected chi connectivity index (χ0v) is 18.4. The van der Waals surface area contributed by atoms with Crippen molar-refractivity contribution in [2.45, 2.75) is 38.8 Å². The summed E-state index contributed by atoms with van der Waals surface area (Å²) in [4.78, 5) is 12.5. The molecule has 0 unspecified atom stereocenters. The van der Waals surface area contributed by atoms with Crippen molar-refractivity contribution in [3.8, 4) is 0 Å². The van der Waals surface area contributed by atoms with Crippen LogP contribution >= 0.6 is 0 Å². The fraction of sp³-hybridized carbons (Fsp3) is 0.583. The Morgan fingerprint density at radius 3 is 2.04 bits per heavy atom. The molecule has 2 rings (SSSR count). The first-order valence-electron chi connectivity index (χ1n) is 6.08. The Kier molecular flexibility index (Phi) is 20.4. The molecule has 25 heavy (non-hydrogen) atoms. The number of allylic oxidation sites excluding steroid dienone is 1. The molecule has 0 atom stereocenters. The van der Waals surface area contributed by atoms with Crippen LogP contribution in [0, 0.1) is 15.3 Å². The summed E-state index contributed by atoms with van der Waals surface area (Å²) in [5.74, 6) is 0.656. The number of rotatable bonds is 0. The van der Waals surface area contributed by atoms with E-state index in [0.29, 0.717) is 12.4 Å². The topological polar surface area (TPSA) is 179 Å². The van der Waals surface area contributed by atoms with Crippen molar-refractivity contribution in [3.63, 3.8) is 0 Å². The number of dihydropyridines is 1. The number of hydrogen-bond donors (Lipinski definition) is 2. The van der Waals surface area contributed by atoms with Gasteiger partial charge in [-0.25, -0.2) is 0 Å². The average Bonchev–Trinajstić information content (AvgIpc) is 2.50. The maximum atomic E-state index is 12.3. The monoisotopic (exact) mass is 638 g/mol. The third-order valence-electron chi connectivity index (χ3n) is 3.73. The Labute approximate surface area is 193 Å². The number of hydroxylamine groups is 2. The van der Waals surface area contributed by atoms with Crippen molar-refractivity contribution in [1.29, 1.82) is 0 Å². The van der Waals surface area contributed by atoms with Crippen molar-refractivity contribution in [2.24, 2.45) is 4.99 Å². The van der Waals surface area contributed by atoms with E-state index in [4.69, 9.17) is 15.3 Å². The zero-order valence-electron chi connectivity index (χ0n) is 13.9. The van der Waals surface area contributed by atoms with Crippen molar-refractivity contribution in [2.75, 3.05) is 6.54 Å². The van der Waals surface area contributed by atoms with Crippen molar-refractivity contribution in [1.82, 2.24) is 10.4 Å². The Morgan fingerprint density at radius 2 is 1.76 bits per heavy atom. The minimum absolute atomic E-state index is 0. The van der Waals surface area contributed by atoms with Gasteiger partial charge in [0.05, 0.1) is 17.9 Å². The molecule has 0 aromatic heterocycles. The van der Waals surface area contributed by atoms with Gasteiger partial charge in [-0.1, -0.05) is 6.08 Å². The zero-order chi connectivity index (χ0) is 15.6. The van der Waals surface area contributed by atoms with Crippen LogP contribution in [0.5, 0.6) is 0 Å². The number of hydrogen-bond acceptors (Lipinski definition) is 6. The van der Waals surface area contributed by atoms with Crippen LogP contribution in [0.15, 0.2) is 28.5 Å². The van der Waals surface area contributed by atoms with E-state index in [9.17, 15) is 5.21 Å². The van der Waals surface area contributed by atoms with E-state index in [2.05, 4.69) is 10.3 Å². The number of nitrogens with two attached hydrogens (primary N) is 1. The molecular weight excluding hydrogens is 618 g/mol. The van der Waals surface area contributed by atoms with E-state index in [-0.39, 0.29) is 84.3 Å². The molecule has 0 saturated carbocycles. The van der Waals surface area contributed by atoms with Gasteiger partial charge in [0.2, 0.25) is 0 Å². The molecule has 1 radical (unpaired) electrons. The van der Waals surface area contributed by atoms with Crippen LogP contribution in [-0.4, -0.2) is 44.7 Å². The van der Waals surface area contributed by atoms with Gasteiger partial charge in [-0.15, -0.1) is 10.1 Å². The van der Waals surface area contributed by atoms with Crippen LogP contribution in [0.25, 0.3) is 6.15 Å². The predicted octanol–water partition coefficient (Wildman–Crippen LogP) is 1.34. The summed E-state index contributed by atoms with van der Waals surface area (Å²) in [6, 6.07) is 0. The molecule has 2 aliphatic rings. The second-order valence-corrected chi connectivity index (χ2v) is 5.56. The standard InChI is InChI=1S/C12H18N3O.3Ag.HNO3.H2N.H2O/c1-11(2)12(3,4)15(16)10(14-11)9-6-5-7-13-8-9;;;;2-1(3)4;;/h5-7,14H,8H2,1-4H3;;;;(H,2,3,4);2*1H2/q-1;;2*+1;;-1;/b10-9-;;;;;;. The second-order valence-electron chi connectivity index (χ2n) is 5.56. The van der Waals surface area contributed by atoms with Crippen molar-refractivity contribution in [3.05, 3.63) is 45.0 Å². The summed E-state index contributed by atoms with van der Waals surface area (Å²) in [7, 11) is 0. The second kappa shape index (κ2) is 14.2. The van der Waals surface area contributed by atoms with Crippen LogP contribution < -0.4 is 5.32 Å². The maximum absolute atomic E-state index is 12.3. The Hall–Kier alpha value is 0.0508. The van der Waals surface area contributed by atoms with E-state index in [1.165, 1.54) is 0 Å². The van der Waals surface area contributed by atoms with Crippen LogP contribution in [-0.2, 0) is 67.1 Å². The van der Waals surface area contributed by atoms with Gasteiger partial charge in [0.1, 0.15) is 0 Å². The summed E-state index contributed by atoms with van der Waals surface area (Å²) in [5, 5.41) is 30.3. The van der Waals surface area contributed by atoms with Crippen molar-refractivity contribution < 1.29 is 82.9 Å². The molecule has 2 heterocycles. The van der Waals surface area contributed by atoms with E-state index in [1.54, 1.807) is 6.21 Å². The van der Waals surface area contributed by atoms with Crippen LogP contribution in [0.4, 0.5) is 0 Å². The minimum atomic E-state index is -1.50. The predicted molar refractivity (Wildman–Crippen MR) is 83.7 cm³/mol. The van der Waals surface area contributed by atoms with Crippen LogP contribution in [0.3, 0.4) is 0 Å². The van der Waals surface area contributed by atoms with Gasteiger partial charge in [0.15, 0.2) is 0 Å². The molecule has 2 aliphatic heterocycles. The molecule has 1 saturated heterocycles. The molecule has 0 aromatic rings. The van der Waals surface area contributed by atoms with Gasteiger partial charge in [0, 0.05) is 39.7 Å².